The molecule has 2 rings (SSSR count). The van der Waals surface area contributed by atoms with Gasteiger partial charge in [0.25, 0.3) is 0 Å². The first kappa shape index (κ1) is 10.6. The molecule has 1 unspecified atom stereocenters. The average molecular weight is 205 g/mol. The smallest absolute Gasteiger partial charge is 0.0987 e. The van der Waals surface area contributed by atoms with E-state index in [0.29, 0.717) is 5.92 Å². The van der Waals surface area contributed by atoms with Gasteiger partial charge in [-0.2, -0.15) is 0 Å². The number of hydrogen-bond acceptors (Lipinski definition) is 2. The Morgan fingerprint density at radius 1 is 1.33 bits per heavy atom. The lowest BCUT2D eigenvalue weighted by molar-refractivity contribution is 0.0811. The third-order valence-corrected chi connectivity index (χ3v) is 3.34. The minimum Gasteiger partial charge on any atom is -0.387 e. The molecule has 1 N–H and O–H groups in total. The van der Waals surface area contributed by atoms with Crippen LogP contribution < -0.4 is 0 Å². The Morgan fingerprint density at radius 2 is 2.07 bits per heavy atom. The molecule has 1 fully saturated rings. The molecule has 0 spiro atoms. The van der Waals surface area contributed by atoms with Gasteiger partial charge in [0.2, 0.25) is 0 Å². The zero-order valence-electron chi connectivity index (χ0n) is 9.32. The van der Waals surface area contributed by atoms with Crippen molar-refractivity contribution in [3.8, 4) is 0 Å². The Labute approximate surface area is 91.4 Å². The van der Waals surface area contributed by atoms with Gasteiger partial charge in [-0.15, -0.1) is 0 Å². The summed E-state index contributed by atoms with van der Waals surface area (Å²) in [6, 6.07) is 3.97. The quantitative estimate of drug-likeness (QED) is 0.805. The van der Waals surface area contributed by atoms with Crippen LogP contribution in [0.2, 0.25) is 0 Å². The standard InChI is InChI=1S/C13H19NO/c1-10-7-8-14-12(9-10)13(15)11-5-3-2-4-6-11/h7-9,11,13,15H,2-6H2,1H3. The van der Waals surface area contributed by atoms with E-state index in [4.69, 9.17) is 0 Å². The lowest BCUT2D eigenvalue weighted by atomic mass is 9.84. The van der Waals surface area contributed by atoms with Crippen molar-refractivity contribution in [3.63, 3.8) is 0 Å². The van der Waals surface area contributed by atoms with Crippen molar-refractivity contribution < 1.29 is 5.11 Å². The van der Waals surface area contributed by atoms with Crippen molar-refractivity contribution in [2.75, 3.05) is 0 Å². The Morgan fingerprint density at radius 3 is 2.73 bits per heavy atom. The number of rotatable bonds is 2. The predicted octanol–water partition coefficient (Wildman–Crippen LogP) is 3.00. The van der Waals surface area contributed by atoms with Crippen molar-refractivity contribution in [3.05, 3.63) is 29.6 Å². The SMILES string of the molecule is Cc1ccnc(C(O)C2CCCCC2)c1. The summed E-state index contributed by atoms with van der Waals surface area (Å²) in [7, 11) is 0. The Kier molecular flexibility index (Phi) is 3.37. The molecule has 1 aliphatic carbocycles. The van der Waals surface area contributed by atoms with Crippen LogP contribution in [0.15, 0.2) is 18.3 Å². The van der Waals surface area contributed by atoms with E-state index in [9.17, 15) is 5.11 Å². The second-order valence-corrected chi connectivity index (χ2v) is 4.60. The van der Waals surface area contributed by atoms with Gasteiger partial charge >= 0.3 is 0 Å². The monoisotopic (exact) mass is 205 g/mol. The topological polar surface area (TPSA) is 33.1 Å². The number of aryl methyl sites for hydroxylation is 1. The summed E-state index contributed by atoms with van der Waals surface area (Å²) < 4.78 is 0. The summed E-state index contributed by atoms with van der Waals surface area (Å²) in [6.07, 6.45) is 7.57. The fourth-order valence-corrected chi connectivity index (χ4v) is 2.41. The second-order valence-electron chi connectivity index (χ2n) is 4.60. The van der Waals surface area contributed by atoms with Crippen LogP contribution in [0, 0.1) is 12.8 Å². The fraction of sp³-hybridized carbons (Fsp3) is 0.615. The van der Waals surface area contributed by atoms with Crippen molar-refractivity contribution in [2.45, 2.75) is 45.1 Å². The maximum Gasteiger partial charge on any atom is 0.0987 e. The molecule has 0 aliphatic heterocycles. The zero-order valence-corrected chi connectivity index (χ0v) is 9.32. The van der Waals surface area contributed by atoms with Crippen LogP contribution in [0.25, 0.3) is 0 Å². The molecule has 1 heterocycles. The fourth-order valence-electron chi connectivity index (χ4n) is 2.41. The van der Waals surface area contributed by atoms with E-state index in [1.54, 1.807) is 6.20 Å². The van der Waals surface area contributed by atoms with Crippen LogP contribution in [0.3, 0.4) is 0 Å². The van der Waals surface area contributed by atoms with Crippen molar-refractivity contribution in [1.29, 1.82) is 0 Å². The maximum absolute atomic E-state index is 10.2. The molecular formula is C13H19NO. The van der Waals surface area contributed by atoms with Crippen LogP contribution in [0.4, 0.5) is 0 Å². The molecule has 0 aromatic carbocycles. The van der Waals surface area contributed by atoms with Crippen molar-refractivity contribution in [2.24, 2.45) is 5.92 Å². The first-order chi connectivity index (χ1) is 7.27. The van der Waals surface area contributed by atoms with E-state index >= 15 is 0 Å². The molecule has 2 heteroatoms. The lowest BCUT2D eigenvalue weighted by Gasteiger charge is -2.26. The van der Waals surface area contributed by atoms with Gasteiger partial charge in [0.05, 0.1) is 11.8 Å². The van der Waals surface area contributed by atoms with Gasteiger partial charge in [-0.05, 0) is 43.4 Å². The third-order valence-electron chi connectivity index (χ3n) is 3.34. The summed E-state index contributed by atoms with van der Waals surface area (Å²) in [5, 5.41) is 10.2. The summed E-state index contributed by atoms with van der Waals surface area (Å²) >= 11 is 0. The predicted molar refractivity (Wildman–Crippen MR) is 60.5 cm³/mol. The molecule has 1 aliphatic rings. The van der Waals surface area contributed by atoms with Gasteiger partial charge in [0.1, 0.15) is 0 Å². The molecule has 1 atom stereocenters. The van der Waals surface area contributed by atoms with Gasteiger partial charge in [-0.1, -0.05) is 19.3 Å². The highest BCUT2D eigenvalue weighted by Crippen LogP contribution is 2.33. The van der Waals surface area contributed by atoms with E-state index in [1.807, 2.05) is 19.1 Å². The first-order valence-electron chi connectivity index (χ1n) is 5.88. The summed E-state index contributed by atoms with van der Waals surface area (Å²) in [5.41, 5.74) is 2.02. The van der Waals surface area contributed by atoms with Gasteiger partial charge in [-0.25, -0.2) is 0 Å². The van der Waals surface area contributed by atoms with Gasteiger partial charge in [0.15, 0.2) is 0 Å². The highest BCUT2D eigenvalue weighted by atomic mass is 16.3. The Bertz CT molecular complexity index is 318. The lowest BCUT2D eigenvalue weighted by Crippen LogP contribution is -2.16. The van der Waals surface area contributed by atoms with Crippen molar-refractivity contribution >= 4 is 0 Å². The van der Waals surface area contributed by atoms with Crippen molar-refractivity contribution in [1.82, 2.24) is 4.98 Å². The molecule has 82 valence electrons. The molecule has 1 saturated carbocycles. The minimum absolute atomic E-state index is 0.356. The van der Waals surface area contributed by atoms with E-state index < -0.39 is 0 Å². The molecule has 2 nitrogen and oxygen atoms in total. The van der Waals surface area contributed by atoms with E-state index in [-0.39, 0.29) is 6.10 Å². The summed E-state index contributed by atoms with van der Waals surface area (Å²) in [5.74, 6) is 0.424. The number of nitrogens with zero attached hydrogens (tertiary/aromatic N) is 1. The largest absolute Gasteiger partial charge is 0.387 e. The number of pyridine rings is 1. The van der Waals surface area contributed by atoms with Crippen LogP contribution in [0.1, 0.15) is 49.5 Å². The molecule has 1 aromatic rings. The average Bonchev–Trinajstić information content (AvgIpc) is 2.29. The molecule has 0 radical (unpaired) electrons. The number of hydrogen-bond donors (Lipinski definition) is 1. The molecule has 0 saturated heterocycles. The molecule has 15 heavy (non-hydrogen) atoms. The Hall–Kier alpha value is -0.890. The van der Waals surface area contributed by atoms with E-state index in [1.165, 1.54) is 24.8 Å². The third kappa shape index (κ3) is 2.57. The van der Waals surface area contributed by atoms with Gasteiger partial charge in [0, 0.05) is 6.20 Å². The highest BCUT2D eigenvalue weighted by Gasteiger charge is 2.23. The van der Waals surface area contributed by atoms with E-state index in [0.717, 1.165) is 18.5 Å². The molecule has 0 amide bonds. The Balaban J connectivity index is 2.08. The summed E-state index contributed by atoms with van der Waals surface area (Å²) in [4.78, 5) is 4.26. The van der Waals surface area contributed by atoms with Crippen LogP contribution in [-0.4, -0.2) is 10.1 Å². The van der Waals surface area contributed by atoms with Crippen LogP contribution in [-0.2, 0) is 0 Å². The van der Waals surface area contributed by atoms with Crippen LogP contribution >= 0.6 is 0 Å². The van der Waals surface area contributed by atoms with E-state index in [2.05, 4.69) is 4.98 Å². The maximum atomic E-state index is 10.2. The zero-order chi connectivity index (χ0) is 10.7. The first-order valence-corrected chi connectivity index (χ1v) is 5.88. The number of aliphatic hydroxyl groups excluding tert-OH is 1. The van der Waals surface area contributed by atoms with Gasteiger partial charge < -0.3 is 5.11 Å². The minimum atomic E-state index is -0.356. The normalized spacial score (nSPS) is 20.1. The number of aromatic nitrogens is 1. The van der Waals surface area contributed by atoms with Gasteiger partial charge in [-0.3, -0.25) is 4.98 Å². The number of aliphatic hydroxyl groups is 1. The molecular weight excluding hydrogens is 186 g/mol. The molecule has 0 bridgehead atoms. The van der Waals surface area contributed by atoms with Crippen LogP contribution in [0.5, 0.6) is 0 Å². The second kappa shape index (κ2) is 4.75. The molecule has 1 aromatic heterocycles. The summed E-state index contributed by atoms with van der Waals surface area (Å²) in [6.45, 7) is 2.04. The highest BCUT2D eigenvalue weighted by molar-refractivity contribution is 5.16.